The van der Waals surface area contributed by atoms with E-state index < -0.39 is 12.0 Å². The highest BCUT2D eigenvalue weighted by Gasteiger charge is 2.11. The fourth-order valence-corrected chi connectivity index (χ4v) is 1.18. The Hall–Kier alpha value is -1.35. The van der Waals surface area contributed by atoms with E-state index in [1.807, 2.05) is 31.2 Å². The maximum absolute atomic E-state index is 10.5. The Labute approximate surface area is 77.2 Å². The van der Waals surface area contributed by atoms with Crippen molar-refractivity contribution in [1.29, 1.82) is 0 Å². The van der Waals surface area contributed by atoms with E-state index in [0.717, 1.165) is 11.1 Å². The van der Waals surface area contributed by atoms with Crippen LogP contribution in [0.4, 0.5) is 0 Å². The lowest BCUT2D eigenvalue weighted by Crippen LogP contribution is -2.32. The summed E-state index contributed by atoms with van der Waals surface area (Å²) < 4.78 is 0. The van der Waals surface area contributed by atoms with Gasteiger partial charge in [0.25, 0.3) is 0 Å². The smallest absolute Gasteiger partial charge is 0.320 e. The van der Waals surface area contributed by atoms with Gasteiger partial charge in [-0.3, -0.25) is 4.79 Å². The summed E-state index contributed by atoms with van der Waals surface area (Å²) in [4.78, 5) is 10.5. The number of carbonyl (C=O) groups is 1. The molecule has 0 aliphatic heterocycles. The van der Waals surface area contributed by atoms with E-state index in [0.29, 0.717) is 6.42 Å². The van der Waals surface area contributed by atoms with Gasteiger partial charge in [0.1, 0.15) is 6.04 Å². The number of aryl methyl sites for hydroxylation is 1. The van der Waals surface area contributed by atoms with Crippen LogP contribution >= 0.6 is 0 Å². The van der Waals surface area contributed by atoms with Crippen LogP contribution in [0.5, 0.6) is 0 Å². The summed E-state index contributed by atoms with van der Waals surface area (Å²) >= 11 is 0. The molecule has 0 bridgehead atoms. The Balaban J connectivity index is 2.69. The van der Waals surface area contributed by atoms with Gasteiger partial charge in [-0.25, -0.2) is 0 Å². The molecule has 0 spiro atoms. The molecule has 1 unspecified atom stereocenters. The lowest BCUT2D eigenvalue weighted by atomic mass is 10.0. The SMILES string of the molecule is Cc1cccc(CC(N)C(=O)O)c1. The Bertz CT molecular complexity index is 310. The lowest BCUT2D eigenvalue weighted by molar-refractivity contribution is -0.138. The number of aliphatic carboxylic acids is 1. The summed E-state index contributed by atoms with van der Waals surface area (Å²) in [5.41, 5.74) is 7.49. The third-order valence-corrected chi connectivity index (χ3v) is 1.86. The lowest BCUT2D eigenvalue weighted by Gasteiger charge is -2.06. The molecule has 3 N–H and O–H groups in total. The number of carboxylic acid groups (broad SMARTS) is 1. The Morgan fingerprint density at radius 1 is 1.62 bits per heavy atom. The molecule has 0 aliphatic carbocycles. The highest BCUT2D eigenvalue weighted by atomic mass is 16.4. The average molecular weight is 179 g/mol. The molecule has 3 heteroatoms. The van der Waals surface area contributed by atoms with E-state index in [4.69, 9.17) is 10.8 Å². The number of carboxylic acids is 1. The molecule has 0 aliphatic rings. The van der Waals surface area contributed by atoms with Gasteiger partial charge in [0.2, 0.25) is 0 Å². The van der Waals surface area contributed by atoms with E-state index in [1.165, 1.54) is 0 Å². The minimum Gasteiger partial charge on any atom is -0.480 e. The zero-order chi connectivity index (χ0) is 9.84. The minimum absolute atomic E-state index is 0.386. The van der Waals surface area contributed by atoms with Crippen molar-refractivity contribution in [2.24, 2.45) is 5.73 Å². The van der Waals surface area contributed by atoms with Gasteiger partial charge in [0.15, 0.2) is 0 Å². The van der Waals surface area contributed by atoms with Crippen LogP contribution in [0.1, 0.15) is 11.1 Å². The fourth-order valence-electron chi connectivity index (χ4n) is 1.18. The zero-order valence-corrected chi connectivity index (χ0v) is 7.53. The van der Waals surface area contributed by atoms with Crippen molar-refractivity contribution < 1.29 is 9.90 Å². The molecule has 0 radical (unpaired) electrons. The van der Waals surface area contributed by atoms with Crippen molar-refractivity contribution in [3.63, 3.8) is 0 Å². The first-order chi connectivity index (χ1) is 6.09. The second-order valence-electron chi connectivity index (χ2n) is 3.14. The minimum atomic E-state index is -0.957. The Morgan fingerprint density at radius 2 is 2.31 bits per heavy atom. The van der Waals surface area contributed by atoms with Gasteiger partial charge in [-0.1, -0.05) is 29.8 Å². The van der Waals surface area contributed by atoms with Crippen LogP contribution in [-0.4, -0.2) is 17.1 Å². The van der Waals surface area contributed by atoms with Crippen molar-refractivity contribution in [2.75, 3.05) is 0 Å². The second kappa shape index (κ2) is 4.05. The standard InChI is InChI=1S/C10H13NO2/c1-7-3-2-4-8(5-7)6-9(11)10(12)13/h2-5,9H,6,11H2,1H3,(H,12,13). The largest absolute Gasteiger partial charge is 0.480 e. The molecule has 0 aromatic heterocycles. The van der Waals surface area contributed by atoms with Crippen LogP contribution < -0.4 is 5.73 Å². The van der Waals surface area contributed by atoms with Crippen molar-refractivity contribution in [1.82, 2.24) is 0 Å². The van der Waals surface area contributed by atoms with E-state index in [9.17, 15) is 4.79 Å². The van der Waals surface area contributed by atoms with E-state index >= 15 is 0 Å². The molecule has 1 rings (SSSR count). The maximum atomic E-state index is 10.5. The number of benzene rings is 1. The highest BCUT2D eigenvalue weighted by molar-refractivity contribution is 5.73. The molecule has 1 atom stereocenters. The molecule has 0 amide bonds. The third-order valence-electron chi connectivity index (χ3n) is 1.86. The van der Waals surface area contributed by atoms with Gasteiger partial charge in [-0.15, -0.1) is 0 Å². The predicted octanol–water partition coefficient (Wildman–Crippen LogP) is 0.949. The molecule has 1 aromatic carbocycles. The molecular formula is C10H13NO2. The molecule has 3 nitrogen and oxygen atoms in total. The molecule has 70 valence electrons. The van der Waals surface area contributed by atoms with Gasteiger partial charge >= 0.3 is 5.97 Å². The molecule has 1 aromatic rings. The summed E-state index contributed by atoms with van der Waals surface area (Å²) in [5.74, 6) is -0.957. The number of nitrogens with two attached hydrogens (primary N) is 1. The quantitative estimate of drug-likeness (QED) is 0.726. The molecule has 13 heavy (non-hydrogen) atoms. The monoisotopic (exact) mass is 179 g/mol. The van der Waals surface area contributed by atoms with Crippen molar-refractivity contribution in [3.05, 3.63) is 35.4 Å². The van der Waals surface area contributed by atoms with Crippen molar-refractivity contribution in [2.45, 2.75) is 19.4 Å². The van der Waals surface area contributed by atoms with Gasteiger partial charge in [-0.05, 0) is 18.9 Å². The van der Waals surface area contributed by atoms with Crippen LogP contribution in [0, 0.1) is 6.92 Å². The molecule has 0 saturated heterocycles. The van der Waals surface area contributed by atoms with Gasteiger partial charge in [-0.2, -0.15) is 0 Å². The van der Waals surface area contributed by atoms with Crippen molar-refractivity contribution >= 4 is 5.97 Å². The fraction of sp³-hybridized carbons (Fsp3) is 0.300. The van der Waals surface area contributed by atoms with E-state index in [-0.39, 0.29) is 0 Å². The third kappa shape index (κ3) is 2.87. The van der Waals surface area contributed by atoms with Crippen molar-refractivity contribution in [3.8, 4) is 0 Å². The van der Waals surface area contributed by atoms with Gasteiger partial charge < -0.3 is 10.8 Å². The topological polar surface area (TPSA) is 63.3 Å². The first kappa shape index (κ1) is 9.74. The van der Waals surface area contributed by atoms with Gasteiger partial charge in [0, 0.05) is 0 Å². The summed E-state index contributed by atoms with van der Waals surface area (Å²) in [5, 5.41) is 8.59. The van der Waals surface area contributed by atoms with Gasteiger partial charge in [0.05, 0.1) is 0 Å². The first-order valence-electron chi connectivity index (χ1n) is 4.13. The first-order valence-corrected chi connectivity index (χ1v) is 4.13. The summed E-state index contributed by atoms with van der Waals surface area (Å²) in [6, 6.07) is 6.90. The van der Waals surface area contributed by atoms with Crippen LogP contribution in [0.2, 0.25) is 0 Å². The Morgan fingerprint density at radius 3 is 2.85 bits per heavy atom. The molecule has 0 heterocycles. The predicted molar refractivity (Wildman–Crippen MR) is 50.5 cm³/mol. The Kier molecular flexibility index (Phi) is 3.03. The second-order valence-corrected chi connectivity index (χ2v) is 3.14. The van der Waals surface area contributed by atoms with Crippen LogP contribution in [-0.2, 0) is 11.2 Å². The van der Waals surface area contributed by atoms with E-state index in [2.05, 4.69) is 0 Å². The average Bonchev–Trinajstić information content (AvgIpc) is 2.04. The molecule has 0 saturated carbocycles. The van der Waals surface area contributed by atoms with Crippen LogP contribution in [0.25, 0.3) is 0 Å². The zero-order valence-electron chi connectivity index (χ0n) is 7.53. The summed E-state index contributed by atoms with van der Waals surface area (Å²) in [7, 11) is 0. The van der Waals surface area contributed by atoms with E-state index in [1.54, 1.807) is 0 Å². The number of rotatable bonds is 3. The highest BCUT2D eigenvalue weighted by Crippen LogP contribution is 2.05. The number of hydrogen-bond acceptors (Lipinski definition) is 2. The van der Waals surface area contributed by atoms with Crippen LogP contribution in [0.15, 0.2) is 24.3 Å². The summed E-state index contributed by atoms with van der Waals surface area (Å²) in [6.07, 6.45) is 0.386. The molecule has 0 fully saturated rings. The summed E-state index contributed by atoms with van der Waals surface area (Å²) in [6.45, 7) is 1.97. The van der Waals surface area contributed by atoms with Crippen LogP contribution in [0.3, 0.4) is 0 Å². The normalized spacial score (nSPS) is 12.5. The maximum Gasteiger partial charge on any atom is 0.320 e. The number of hydrogen-bond donors (Lipinski definition) is 2. The molecular weight excluding hydrogens is 166 g/mol.